The number of likely N-dealkylation sites (N-methyl/N-ethyl adjacent to an activating group) is 1. The molecule has 2 heteroatoms. The Bertz CT molecular complexity index is 114. The van der Waals surface area contributed by atoms with Crippen molar-refractivity contribution in [3.05, 3.63) is 0 Å². The summed E-state index contributed by atoms with van der Waals surface area (Å²) in [5.74, 6) is 0. The van der Waals surface area contributed by atoms with Gasteiger partial charge >= 0.3 is 0 Å². The summed E-state index contributed by atoms with van der Waals surface area (Å²) in [4.78, 5) is 2.68. The minimum absolute atomic E-state index is 0.854. The Labute approximate surface area is 69.0 Å². The fourth-order valence-corrected chi connectivity index (χ4v) is 2.59. The highest BCUT2D eigenvalue weighted by molar-refractivity contribution is 4.90. The van der Waals surface area contributed by atoms with Crippen molar-refractivity contribution in [3.63, 3.8) is 0 Å². The van der Waals surface area contributed by atoms with Crippen molar-refractivity contribution in [2.75, 3.05) is 19.6 Å². The number of hydrogen-bond acceptors (Lipinski definition) is 2. The molecule has 0 spiro atoms. The number of nitrogens with one attached hydrogen (secondary N) is 1. The lowest BCUT2D eigenvalue weighted by Crippen LogP contribution is -2.59. The van der Waals surface area contributed by atoms with Crippen molar-refractivity contribution < 1.29 is 0 Å². The van der Waals surface area contributed by atoms with Gasteiger partial charge in [-0.3, -0.25) is 4.90 Å². The maximum atomic E-state index is 3.51. The van der Waals surface area contributed by atoms with E-state index in [1.54, 1.807) is 0 Å². The van der Waals surface area contributed by atoms with E-state index in [0.29, 0.717) is 0 Å². The molecule has 2 heterocycles. The van der Waals surface area contributed by atoms with Crippen LogP contribution in [0.25, 0.3) is 0 Å². The zero-order chi connectivity index (χ0) is 7.68. The van der Waals surface area contributed by atoms with Crippen molar-refractivity contribution >= 4 is 0 Å². The Hall–Kier alpha value is -0.0800. The second-order valence-electron chi connectivity index (χ2n) is 3.73. The van der Waals surface area contributed by atoms with Gasteiger partial charge in [-0.15, -0.1) is 0 Å². The molecular weight excluding hydrogens is 136 g/mol. The molecule has 1 N–H and O–H groups in total. The summed E-state index contributed by atoms with van der Waals surface area (Å²) >= 11 is 0. The van der Waals surface area contributed by atoms with Crippen LogP contribution < -0.4 is 5.32 Å². The normalized spacial score (nSPS) is 39.0. The van der Waals surface area contributed by atoms with Crippen LogP contribution in [0.4, 0.5) is 0 Å². The summed E-state index contributed by atoms with van der Waals surface area (Å²) in [7, 11) is 0. The first-order valence-corrected chi connectivity index (χ1v) is 4.88. The van der Waals surface area contributed by atoms with Crippen molar-refractivity contribution in [3.8, 4) is 0 Å². The Morgan fingerprint density at radius 3 is 2.36 bits per heavy atom. The molecule has 0 amide bonds. The smallest absolute Gasteiger partial charge is 0.0224 e. The van der Waals surface area contributed by atoms with Gasteiger partial charge in [0.1, 0.15) is 0 Å². The van der Waals surface area contributed by atoms with Crippen LogP contribution in [0, 0.1) is 0 Å². The number of hydrogen-bond donors (Lipinski definition) is 1. The van der Waals surface area contributed by atoms with Crippen molar-refractivity contribution in [1.82, 2.24) is 10.2 Å². The molecule has 0 radical (unpaired) electrons. The third-order valence-electron chi connectivity index (χ3n) is 3.14. The third kappa shape index (κ3) is 1.30. The molecule has 0 aromatic carbocycles. The van der Waals surface area contributed by atoms with E-state index >= 15 is 0 Å². The summed E-state index contributed by atoms with van der Waals surface area (Å²) in [6.45, 7) is 5.99. The van der Waals surface area contributed by atoms with Gasteiger partial charge in [-0.2, -0.15) is 0 Å². The molecule has 0 saturated carbocycles. The van der Waals surface area contributed by atoms with Gasteiger partial charge in [0.2, 0.25) is 0 Å². The fourth-order valence-electron chi connectivity index (χ4n) is 2.59. The molecule has 0 aromatic rings. The van der Waals surface area contributed by atoms with Crippen LogP contribution >= 0.6 is 0 Å². The lowest BCUT2D eigenvalue weighted by atomic mass is 9.92. The second-order valence-corrected chi connectivity index (χ2v) is 3.73. The summed E-state index contributed by atoms with van der Waals surface area (Å²) in [6, 6.07) is 1.71. The van der Waals surface area contributed by atoms with Crippen molar-refractivity contribution in [2.45, 2.75) is 38.3 Å². The van der Waals surface area contributed by atoms with Crippen LogP contribution in [0.3, 0.4) is 0 Å². The van der Waals surface area contributed by atoms with E-state index < -0.39 is 0 Å². The zero-order valence-electron chi connectivity index (χ0n) is 7.34. The highest BCUT2D eigenvalue weighted by atomic mass is 15.2. The number of piperidine rings is 1. The van der Waals surface area contributed by atoms with Gasteiger partial charge in [0, 0.05) is 25.2 Å². The lowest BCUT2D eigenvalue weighted by Gasteiger charge is -2.46. The quantitative estimate of drug-likeness (QED) is 0.602. The summed E-state index contributed by atoms with van der Waals surface area (Å²) < 4.78 is 0. The van der Waals surface area contributed by atoms with E-state index in [4.69, 9.17) is 0 Å². The van der Waals surface area contributed by atoms with E-state index in [2.05, 4.69) is 17.1 Å². The maximum absolute atomic E-state index is 3.51. The molecule has 2 fully saturated rings. The maximum Gasteiger partial charge on any atom is 0.0224 e. The van der Waals surface area contributed by atoms with Gasteiger partial charge < -0.3 is 5.32 Å². The van der Waals surface area contributed by atoms with Crippen molar-refractivity contribution in [1.29, 1.82) is 0 Å². The Balaban J connectivity index is 2.04. The molecule has 2 unspecified atom stereocenters. The molecular formula is C9H18N2. The first-order valence-electron chi connectivity index (χ1n) is 4.88. The third-order valence-corrected chi connectivity index (χ3v) is 3.14. The van der Waals surface area contributed by atoms with Crippen LogP contribution in [0.1, 0.15) is 26.2 Å². The molecule has 0 aliphatic carbocycles. The molecule has 2 aliphatic heterocycles. The van der Waals surface area contributed by atoms with Crippen LogP contribution in [0.2, 0.25) is 0 Å². The van der Waals surface area contributed by atoms with E-state index in [1.165, 1.54) is 38.9 Å². The van der Waals surface area contributed by atoms with E-state index in [-0.39, 0.29) is 0 Å². The highest BCUT2D eigenvalue weighted by Crippen LogP contribution is 2.24. The lowest BCUT2D eigenvalue weighted by molar-refractivity contribution is 0.0588. The average molecular weight is 154 g/mol. The van der Waals surface area contributed by atoms with Gasteiger partial charge in [0.05, 0.1) is 0 Å². The fraction of sp³-hybridized carbons (Fsp3) is 1.00. The van der Waals surface area contributed by atoms with Gasteiger partial charge in [-0.1, -0.05) is 13.3 Å². The highest BCUT2D eigenvalue weighted by Gasteiger charge is 2.31. The predicted molar refractivity (Wildman–Crippen MR) is 46.7 cm³/mol. The predicted octanol–water partition coefficient (Wildman–Crippen LogP) is 0.833. The number of rotatable bonds is 1. The number of piperazine rings is 1. The monoisotopic (exact) mass is 154 g/mol. The zero-order valence-corrected chi connectivity index (χ0v) is 7.34. The van der Waals surface area contributed by atoms with E-state index in [1.807, 2.05) is 0 Å². The van der Waals surface area contributed by atoms with E-state index in [0.717, 1.165) is 12.1 Å². The molecule has 2 nitrogen and oxygen atoms in total. The average Bonchev–Trinajstić information content (AvgIpc) is 2.03. The molecule has 2 atom stereocenters. The topological polar surface area (TPSA) is 15.3 Å². The minimum atomic E-state index is 0.854. The molecule has 0 aromatic heterocycles. The SMILES string of the molecule is CCN1C2CCCC1CNC2. The van der Waals surface area contributed by atoms with Crippen LogP contribution in [-0.2, 0) is 0 Å². The Morgan fingerprint density at radius 1 is 1.27 bits per heavy atom. The van der Waals surface area contributed by atoms with Crippen molar-refractivity contribution in [2.24, 2.45) is 0 Å². The van der Waals surface area contributed by atoms with Gasteiger partial charge in [0.25, 0.3) is 0 Å². The molecule has 11 heavy (non-hydrogen) atoms. The minimum Gasteiger partial charge on any atom is -0.314 e. The molecule has 2 rings (SSSR count). The van der Waals surface area contributed by atoms with Gasteiger partial charge in [0.15, 0.2) is 0 Å². The standard InChI is InChI=1S/C9H18N2/c1-2-11-8-4-3-5-9(11)7-10-6-8/h8-10H,2-7H2,1H3. The number of nitrogens with zero attached hydrogens (tertiary/aromatic N) is 1. The van der Waals surface area contributed by atoms with E-state index in [9.17, 15) is 0 Å². The Kier molecular flexibility index (Phi) is 2.14. The largest absolute Gasteiger partial charge is 0.314 e. The molecule has 64 valence electrons. The summed E-state index contributed by atoms with van der Waals surface area (Å²) in [5, 5.41) is 3.51. The second kappa shape index (κ2) is 3.11. The van der Waals surface area contributed by atoms with Gasteiger partial charge in [-0.05, 0) is 19.4 Å². The van der Waals surface area contributed by atoms with Crippen LogP contribution in [-0.4, -0.2) is 36.6 Å². The van der Waals surface area contributed by atoms with Crippen LogP contribution in [0.15, 0.2) is 0 Å². The molecule has 2 saturated heterocycles. The first-order chi connectivity index (χ1) is 5.42. The molecule has 2 bridgehead atoms. The number of fused-ring (bicyclic) bond motifs is 2. The van der Waals surface area contributed by atoms with Crippen LogP contribution in [0.5, 0.6) is 0 Å². The molecule has 2 aliphatic rings. The van der Waals surface area contributed by atoms with Gasteiger partial charge in [-0.25, -0.2) is 0 Å². The summed E-state index contributed by atoms with van der Waals surface area (Å²) in [5.41, 5.74) is 0. The Morgan fingerprint density at radius 2 is 1.91 bits per heavy atom. The summed E-state index contributed by atoms with van der Waals surface area (Å²) in [6.07, 6.45) is 4.28. The first kappa shape index (κ1) is 7.56.